The van der Waals surface area contributed by atoms with Crippen LogP contribution in [-0.4, -0.2) is 20.9 Å². The van der Waals surface area contributed by atoms with Crippen molar-refractivity contribution in [2.24, 2.45) is 7.05 Å². The summed E-state index contributed by atoms with van der Waals surface area (Å²) in [4.78, 5) is 26.0. The summed E-state index contributed by atoms with van der Waals surface area (Å²) < 4.78 is 4.25. The van der Waals surface area contributed by atoms with E-state index in [9.17, 15) is 14.9 Å². The average Bonchev–Trinajstić information content (AvgIpc) is 3.36. The Kier molecular flexibility index (Phi) is 3.41. The zero-order chi connectivity index (χ0) is 21.4. The monoisotopic (exact) mass is 406 g/mol. The van der Waals surface area contributed by atoms with Crippen molar-refractivity contribution in [3.8, 4) is 6.07 Å². The third kappa shape index (κ3) is 2.05. The Morgan fingerprint density at radius 1 is 0.903 bits per heavy atom. The first kappa shape index (κ1) is 17.7. The maximum Gasteiger partial charge on any atom is 0.259 e. The fraction of sp³-hybridized carbons (Fsp3) is 0.160. The van der Waals surface area contributed by atoms with E-state index in [0.717, 1.165) is 43.6 Å². The second-order valence-electron chi connectivity index (χ2n) is 8.16. The summed E-state index contributed by atoms with van der Waals surface area (Å²) >= 11 is 0. The molecule has 1 aliphatic rings. The van der Waals surface area contributed by atoms with E-state index in [1.807, 2.05) is 62.5 Å². The molecular formula is C25H18N4O2. The average molecular weight is 406 g/mol. The van der Waals surface area contributed by atoms with E-state index in [1.54, 1.807) is 0 Å². The van der Waals surface area contributed by atoms with Crippen molar-refractivity contribution in [1.29, 1.82) is 5.26 Å². The van der Waals surface area contributed by atoms with Crippen LogP contribution in [0.15, 0.2) is 48.5 Å². The number of nitrogens with zero attached hydrogens (tertiary/aromatic N) is 3. The van der Waals surface area contributed by atoms with Crippen molar-refractivity contribution < 1.29 is 9.59 Å². The predicted molar refractivity (Wildman–Crippen MR) is 120 cm³/mol. The second-order valence-corrected chi connectivity index (χ2v) is 8.16. The number of hydrogen-bond donors (Lipinski definition) is 1. The van der Waals surface area contributed by atoms with Gasteiger partial charge in [-0.05, 0) is 19.1 Å². The van der Waals surface area contributed by atoms with Crippen molar-refractivity contribution in [3.63, 3.8) is 0 Å². The number of fused-ring (bicyclic) bond motifs is 10. The highest BCUT2D eigenvalue weighted by molar-refractivity contribution is 6.39. The van der Waals surface area contributed by atoms with Gasteiger partial charge in [-0.3, -0.25) is 14.9 Å². The summed E-state index contributed by atoms with van der Waals surface area (Å²) in [5.74, 6) is -0.721. The molecule has 6 nitrogen and oxygen atoms in total. The number of aryl methyl sites for hydroxylation is 1. The van der Waals surface area contributed by atoms with Crippen LogP contribution in [0, 0.1) is 11.3 Å². The van der Waals surface area contributed by atoms with E-state index < -0.39 is 0 Å². The standard InChI is InChI=1S/C25H18N4O2/c1-13(11-12-26)29-17-10-6-4-8-15(17)19-21-20(24(30)27-25(21)31)18-14-7-3-5-9-16(14)28(2)22(18)23(19)29/h3-10,13H,11H2,1-2H3,(H,27,30,31). The molecule has 0 bridgehead atoms. The second kappa shape index (κ2) is 5.96. The summed E-state index contributed by atoms with van der Waals surface area (Å²) in [6.07, 6.45) is 0.335. The molecule has 0 saturated carbocycles. The van der Waals surface area contributed by atoms with Gasteiger partial charge < -0.3 is 9.13 Å². The Bertz CT molecular complexity index is 1660. The van der Waals surface area contributed by atoms with Gasteiger partial charge in [-0.15, -0.1) is 0 Å². The lowest BCUT2D eigenvalue weighted by atomic mass is 9.96. The van der Waals surface area contributed by atoms with Crippen LogP contribution in [0.4, 0.5) is 0 Å². The van der Waals surface area contributed by atoms with Crippen molar-refractivity contribution in [3.05, 3.63) is 59.7 Å². The molecule has 0 saturated heterocycles. The Morgan fingerprint density at radius 3 is 2.10 bits per heavy atom. The normalized spacial score (nSPS) is 14.5. The van der Waals surface area contributed by atoms with E-state index in [1.165, 1.54) is 0 Å². The predicted octanol–water partition coefficient (Wildman–Crippen LogP) is 4.80. The largest absolute Gasteiger partial charge is 0.342 e. The minimum Gasteiger partial charge on any atom is -0.342 e. The lowest BCUT2D eigenvalue weighted by molar-refractivity contribution is 0.0880. The van der Waals surface area contributed by atoms with Crippen LogP contribution in [-0.2, 0) is 7.05 Å². The summed E-state index contributed by atoms with van der Waals surface area (Å²) in [5, 5.41) is 15.4. The third-order valence-corrected chi connectivity index (χ3v) is 6.50. The molecule has 0 aliphatic carbocycles. The molecule has 6 rings (SSSR count). The number of hydrogen-bond acceptors (Lipinski definition) is 3. The molecule has 5 aromatic rings. The van der Waals surface area contributed by atoms with E-state index in [-0.39, 0.29) is 17.9 Å². The van der Waals surface area contributed by atoms with E-state index in [0.29, 0.717) is 17.5 Å². The Balaban J connectivity index is 2.03. The summed E-state index contributed by atoms with van der Waals surface area (Å²) in [5.41, 5.74) is 4.61. The molecule has 2 amide bonds. The van der Waals surface area contributed by atoms with Crippen LogP contribution in [0.25, 0.3) is 43.6 Å². The summed E-state index contributed by atoms with van der Waals surface area (Å²) in [7, 11) is 1.99. The van der Waals surface area contributed by atoms with Gasteiger partial charge in [0.1, 0.15) is 0 Å². The zero-order valence-corrected chi connectivity index (χ0v) is 17.1. The van der Waals surface area contributed by atoms with Crippen LogP contribution in [0.5, 0.6) is 0 Å². The molecule has 1 atom stereocenters. The number of nitrogens with one attached hydrogen (secondary N) is 1. The molecule has 6 heteroatoms. The van der Waals surface area contributed by atoms with Crippen LogP contribution < -0.4 is 5.32 Å². The van der Waals surface area contributed by atoms with Crippen molar-refractivity contribution in [1.82, 2.24) is 14.5 Å². The SMILES string of the molecule is CC(CC#N)n1c2ccccc2c2c3c(c4c5ccccc5n(C)c4c21)C(=O)NC3=O. The number of para-hydroxylation sites is 2. The molecule has 2 aromatic heterocycles. The van der Waals surface area contributed by atoms with Gasteiger partial charge in [-0.2, -0.15) is 5.26 Å². The third-order valence-electron chi connectivity index (χ3n) is 6.50. The molecule has 150 valence electrons. The Labute approximate surface area is 177 Å². The maximum absolute atomic E-state index is 13.0. The van der Waals surface area contributed by atoms with Crippen LogP contribution >= 0.6 is 0 Å². The highest BCUT2D eigenvalue weighted by Gasteiger charge is 2.36. The first-order chi connectivity index (χ1) is 15.0. The van der Waals surface area contributed by atoms with Crippen molar-refractivity contribution in [2.75, 3.05) is 0 Å². The van der Waals surface area contributed by atoms with Gasteiger partial charge in [-0.25, -0.2) is 0 Å². The van der Waals surface area contributed by atoms with Crippen LogP contribution in [0.3, 0.4) is 0 Å². The summed E-state index contributed by atoms with van der Waals surface area (Å²) in [6, 6.07) is 18.0. The number of carbonyl (C=O) groups is 2. The first-order valence-electron chi connectivity index (χ1n) is 10.2. The molecule has 0 fully saturated rings. The summed E-state index contributed by atoms with van der Waals surface area (Å²) in [6.45, 7) is 2.02. The minimum absolute atomic E-state index is 0.105. The first-order valence-corrected chi connectivity index (χ1v) is 10.2. The Morgan fingerprint density at radius 2 is 1.45 bits per heavy atom. The number of nitriles is 1. The number of carbonyl (C=O) groups excluding carboxylic acids is 2. The van der Waals surface area contributed by atoms with Gasteiger partial charge in [0.2, 0.25) is 0 Å². The zero-order valence-electron chi connectivity index (χ0n) is 17.1. The molecule has 1 N–H and O–H groups in total. The van der Waals surface area contributed by atoms with Crippen LogP contribution in [0.2, 0.25) is 0 Å². The molecule has 3 aromatic carbocycles. The van der Waals surface area contributed by atoms with Crippen LogP contribution in [0.1, 0.15) is 40.1 Å². The van der Waals surface area contributed by atoms with Crippen molar-refractivity contribution >= 4 is 55.4 Å². The smallest absolute Gasteiger partial charge is 0.259 e. The topological polar surface area (TPSA) is 79.8 Å². The molecule has 1 aliphatic heterocycles. The van der Waals surface area contributed by atoms with Gasteiger partial charge >= 0.3 is 0 Å². The quantitative estimate of drug-likeness (QED) is 0.428. The molecule has 1 unspecified atom stereocenters. The number of benzene rings is 3. The molecule has 3 heterocycles. The fourth-order valence-electron chi connectivity index (χ4n) is 5.29. The van der Waals surface area contributed by atoms with Gasteiger partial charge in [0.15, 0.2) is 0 Å². The van der Waals surface area contributed by atoms with Gasteiger partial charge in [0.25, 0.3) is 11.8 Å². The molecular weight excluding hydrogens is 388 g/mol. The lowest BCUT2D eigenvalue weighted by Crippen LogP contribution is -2.20. The Hall–Kier alpha value is -4.11. The number of imide groups is 1. The van der Waals surface area contributed by atoms with Gasteiger partial charge in [0, 0.05) is 45.7 Å². The lowest BCUT2D eigenvalue weighted by Gasteiger charge is -2.15. The van der Waals surface area contributed by atoms with E-state index in [2.05, 4.69) is 20.5 Å². The van der Waals surface area contributed by atoms with E-state index in [4.69, 9.17) is 0 Å². The van der Waals surface area contributed by atoms with Gasteiger partial charge in [0.05, 0.1) is 34.7 Å². The number of aromatic nitrogens is 2. The fourth-order valence-corrected chi connectivity index (χ4v) is 5.29. The van der Waals surface area contributed by atoms with Crippen molar-refractivity contribution in [2.45, 2.75) is 19.4 Å². The van der Waals surface area contributed by atoms with Gasteiger partial charge in [-0.1, -0.05) is 36.4 Å². The number of amides is 2. The van der Waals surface area contributed by atoms with E-state index >= 15 is 0 Å². The maximum atomic E-state index is 13.0. The number of rotatable bonds is 2. The molecule has 0 spiro atoms. The highest BCUT2D eigenvalue weighted by Crippen LogP contribution is 2.45. The molecule has 0 radical (unpaired) electrons. The minimum atomic E-state index is -0.365. The molecule has 31 heavy (non-hydrogen) atoms. The highest BCUT2D eigenvalue weighted by atomic mass is 16.2.